The first-order valence-corrected chi connectivity index (χ1v) is 6.37. The van der Waals surface area contributed by atoms with Crippen molar-refractivity contribution in [1.82, 2.24) is 10.3 Å². The molecule has 2 aromatic rings. The molecule has 2 aromatic heterocycles. The number of nitrogens with one attached hydrogen (secondary N) is 1. The van der Waals surface area contributed by atoms with Crippen LogP contribution in [0, 0.1) is 0 Å². The summed E-state index contributed by atoms with van der Waals surface area (Å²) in [4.78, 5) is 5.35. The number of ether oxygens (including phenoxy) is 1. The van der Waals surface area contributed by atoms with Crippen molar-refractivity contribution in [2.45, 2.75) is 6.04 Å². The van der Waals surface area contributed by atoms with E-state index in [0.717, 1.165) is 14.8 Å². The Labute approximate surface area is 109 Å². The largest absolute Gasteiger partial charge is 0.481 e. The zero-order valence-electron chi connectivity index (χ0n) is 9.61. The number of aromatic nitrogens is 1. The maximum atomic E-state index is 5.97. The maximum Gasteiger partial charge on any atom is 0.218 e. The van der Waals surface area contributed by atoms with Crippen molar-refractivity contribution in [1.29, 1.82) is 0 Å². The number of halogens is 1. The molecular weight excluding hydrogens is 256 g/mol. The SMILES string of the molecule is CNC(c1ccc(Cl)s1)c1cccnc1OC. The molecule has 1 N–H and O–H groups in total. The second-order valence-corrected chi connectivity index (χ2v) is 5.21. The third-order valence-corrected chi connectivity index (χ3v) is 3.77. The van der Waals surface area contributed by atoms with Gasteiger partial charge in [-0.05, 0) is 25.2 Å². The van der Waals surface area contributed by atoms with Crippen molar-refractivity contribution >= 4 is 22.9 Å². The lowest BCUT2D eigenvalue weighted by molar-refractivity contribution is 0.388. The zero-order chi connectivity index (χ0) is 12.3. The fraction of sp³-hybridized carbons (Fsp3) is 0.250. The Hall–Kier alpha value is -1.10. The maximum absolute atomic E-state index is 5.97. The second kappa shape index (κ2) is 5.49. The molecule has 0 radical (unpaired) electrons. The van der Waals surface area contributed by atoms with Crippen molar-refractivity contribution in [3.8, 4) is 5.88 Å². The summed E-state index contributed by atoms with van der Waals surface area (Å²) >= 11 is 7.52. The number of nitrogens with zero attached hydrogens (tertiary/aromatic N) is 1. The number of rotatable bonds is 4. The average molecular weight is 269 g/mol. The molecule has 2 rings (SSSR count). The van der Waals surface area contributed by atoms with Gasteiger partial charge in [0.25, 0.3) is 0 Å². The lowest BCUT2D eigenvalue weighted by Crippen LogP contribution is -2.17. The third kappa shape index (κ3) is 2.60. The summed E-state index contributed by atoms with van der Waals surface area (Å²) in [6.45, 7) is 0. The fourth-order valence-electron chi connectivity index (χ4n) is 1.73. The Morgan fingerprint density at radius 2 is 2.24 bits per heavy atom. The first kappa shape index (κ1) is 12.4. The molecule has 5 heteroatoms. The van der Waals surface area contributed by atoms with Gasteiger partial charge in [0.15, 0.2) is 0 Å². The molecule has 2 heterocycles. The van der Waals surface area contributed by atoms with E-state index in [1.165, 1.54) is 0 Å². The van der Waals surface area contributed by atoms with E-state index in [4.69, 9.17) is 16.3 Å². The van der Waals surface area contributed by atoms with Gasteiger partial charge >= 0.3 is 0 Å². The molecule has 0 saturated carbocycles. The summed E-state index contributed by atoms with van der Waals surface area (Å²) in [5.74, 6) is 0.636. The van der Waals surface area contributed by atoms with Crippen LogP contribution in [-0.2, 0) is 0 Å². The van der Waals surface area contributed by atoms with E-state index in [1.54, 1.807) is 24.6 Å². The molecule has 0 aliphatic rings. The quantitative estimate of drug-likeness (QED) is 0.925. The van der Waals surface area contributed by atoms with Crippen molar-refractivity contribution in [3.63, 3.8) is 0 Å². The van der Waals surface area contributed by atoms with Gasteiger partial charge in [-0.25, -0.2) is 4.98 Å². The van der Waals surface area contributed by atoms with Gasteiger partial charge in [0.2, 0.25) is 5.88 Å². The highest BCUT2D eigenvalue weighted by Crippen LogP contribution is 2.33. The van der Waals surface area contributed by atoms with Gasteiger partial charge in [-0.3, -0.25) is 0 Å². The molecule has 3 nitrogen and oxygen atoms in total. The average Bonchev–Trinajstić information content (AvgIpc) is 2.77. The predicted molar refractivity (Wildman–Crippen MR) is 71.0 cm³/mol. The van der Waals surface area contributed by atoms with Crippen LogP contribution in [0.2, 0.25) is 4.34 Å². The summed E-state index contributed by atoms with van der Waals surface area (Å²) in [5.41, 5.74) is 1.01. The Balaban J connectivity index is 2.41. The standard InChI is InChI=1S/C12H13ClN2OS/c1-14-11(9-5-6-10(13)17-9)8-4-3-7-15-12(8)16-2/h3-7,11,14H,1-2H3. The van der Waals surface area contributed by atoms with Gasteiger partial charge in [-0.15, -0.1) is 11.3 Å². The molecule has 0 spiro atoms. The summed E-state index contributed by atoms with van der Waals surface area (Å²) in [6, 6.07) is 7.86. The van der Waals surface area contributed by atoms with Crippen LogP contribution in [0.1, 0.15) is 16.5 Å². The van der Waals surface area contributed by atoms with Crippen LogP contribution in [0.4, 0.5) is 0 Å². The number of hydrogen-bond donors (Lipinski definition) is 1. The molecule has 1 atom stereocenters. The molecule has 0 aliphatic heterocycles. The third-order valence-electron chi connectivity index (χ3n) is 2.47. The molecule has 0 fully saturated rings. The molecule has 0 bridgehead atoms. The minimum absolute atomic E-state index is 0.0520. The molecule has 0 amide bonds. The number of thiophene rings is 1. The highest BCUT2D eigenvalue weighted by atomic mass is 35.5. The van der Waals surface area contributed by atoms with Crippen LogP contribution in [0.15, 0.2) is 30.5 Å². The first-order chi connectivity index (χ1) is 8.26. The second-order valence-electron chi connectivity index (χ2n) is 3.47. The van der Waals surface area contributed by atoms with Crippen molar-refractivity contribution in [3.05, 3.63) is 45.2 Å². The molecule has 17 heavy (non-hydrogen) atoms. The van der Waals surface area contributed by atoms with Gasteiger partial charge in [-0.1, -0.05) is 17.7 Å². The summed E-state index contributed by atoms with van der Waals surface area (Å²) in [6.07, 6.45) is 1.72. The van der Waals surface area contributed by atoms with Crippen LogP contribution in [0.5, 0.6) is 5.88 Å². The van der Waals surface area contributed by atoms with Gasteiger partial charge in [-0.2, -0.15) is 0 Å². The van der Waals surface area contributed by atoms with Gasteiger partial charge in [0.05, 0.1) is 17.5 Å². The Morgan fingerprint density at radius 1 is 1.41 bits per heavy atom. The highest BCUT2D eigenvalue weighted by molar-refractivity contribution is 7.16. The van der Waals surface area contributed by atoms with Gasteiger partial charge in [0, 0.05) is 16.6 Å². The number of pyridine rings is 1. The van der Waals surface area contributed by atoms with E-state index in [9.17, 15) is 0 Å². The van der Waals surface area contributed by atoms with E-state index < -0.39 is 0 Å². The fourth-order valence-corrected chi connectivity index (χ4v) is 2.92. The van der Waals surface area contributed by atoms with Crippen LogP contribution in [0.25, 0.3) is 0 Å². The number of methoxy groups -OCH3 is 1. The topological polar surface area (TPSA) is 34.2 Å². The lowest BCUT2D eigenvalue weighted by Gasteiger charge is -2.16. The van der Waals surface area contributed by atoms with Gasteiger partial charge < -0.3 is 10.1 Å². The molecule has 0 saturated heterocycles. The smallest absolute Gasteiger partial charge is 0.218 e. The van der Waals surface area contributed by atoms with Crippen LogP contribution >= 0.6 is 22.9 Å². The Bertz CT molecular complexity index is 501. The summed E-state index contributed by atoms with van der Waals surface area (Å²) in [5, 5.41) is 3.25. The van der Waals surface area contributed by atoms with Crippen LogP contribution in [-0.4, -0.2) is 19.1 Å². The molecule has 0 aliphatic carbocycles. The Morgan fingerprint density at radius 3 is 2.82 bits per heavy atom. The summed E-state index contributed by atoms with van der Waals surface area (Å²) in [7, 11) is 3.53. The van der Waals surface area contributed by atoms with E-state index in [2.05, 4.69) is 10.3 Å². The van der Waals surface area contributed by atoms with Crippen molar-refractivity contribution in [2.24, 2.45) is 0 Å². The number of hydrogen-bond acceptors (Lipinski definition) is 4. The Kier molecular flexibility index (Phi) is 3.99. The lowest BCUT2D eigenvalue weighted by atomic mass is 10.1. The van der Waals surface area contributed by atoms with E-state index in [-0.39, 0.29) is 6.04 Å². The van der Waals surface area contributed by atoms with E-state index >= 15 is 0 Å². The minimum atomic E-state index is 0.0520. The molecule has 1 unspecified atom stereocenters. The highest BCUT2D eigenvalue weighted by Gasteiger charge is 2.18. The van der Waals surface area contributed by atoms with Crippen LogP contribution in [0.3, 0.4) is 0 Å². The zero-order valence-corrected chi connectivity index (χ0v) is 11.2. The minimum Gasteiger partial charge on any atom is -0.481 e. The van der Waals surface area contributed by atoms with E-state index in [1.807, 2.05) is 31.3 Å². The normalized spacial score (nSPS) is 12.4. The monoisotopic (exact) mass is 268 g/mol. The summed E-state index contributed by atoms with van der Waals surface area (Å²) < 4.78 is 6.06. The predicted octanol–water partition coefficient (Wildman–Crippen LogP) is 3.11. The molecular formula is C12H13ClN2OS. The van der Waals surface area contributed by atoms with Crippen molar-refractivity contribution in [2.75, 3.05) is 14.2 Å². The molecule has 0 aromatic carbocycles. The first-order valence-electron chi connectivity index (χ1n) is 5.17. The van der Waals surface area contributed by atoms with Crippen molar-refractivity contribution < 1.29 is 4.74 Å². The van der Waals surface area contributed by atoms with Crippen LogP contribution < -0.4 is 10.1 Å². The molecule has 90 valence electrons. The van der Waals surface area contributed by atoms with Gasteiger partial charge in [0.1, 0.15) is 0 Å². The van der Waals surface area contributed by atoms with E-state index in [0.29, 0.717) is 5.88 Å².